The van der Waals surface area contributed by atoms with E-state index in [0.29, 0.717) is 25.4 Å². The van der Waals surface area contributed by atoms with E-state index in [0.717, 1.165) is 12.8 Å². The van der Waals surface area contributed by atoms with Crippen molar-refractivity contribution in [3.8, 4) is 0 Å². The number of methoxy groups -OCH3 is 1. The zero-order chi connectivity index (χ0) is 15.4. The molecule has 0 rings (SSSR count). The summed E-state index contributed by atoms with van der Waals surface area (Å²) in [6, 6.07) is 0. The van der Waals surface area contributed by atoms with Crippen LogP contribution in [0.25, 0.3) is 0 Å². The monoisotopic (exact) mass is 288 g/mol. The highest BCUT2D eigenvalue weighted by atomic mass is 16.6. The van der Waals surface area contributed by atoms with Crippen molar-refractivity contribution in [1.82, 2.24) is 0 Å². The van der Waals surface area contributed by atoms with Gasteiger partial charge in [-0.2, -0.15) is 0 Å². The summed E-state index contributed by atoms with van der Waals surface area (Å²) in [5.74, 6) is -0.379. The van der Waals surface area contributed by atoms with E-state index in [2.05, 4.69) is 13.5 Å². The van der Waals surface area contributed by atoms with Crippen LogP contribution in [0, 0.1) is 0 Å². The Hall–Kier alpha value is -0.910. The van der Waals surface area contributed by atoms with E-state index in [1.54, 1.807) is 14.0 Å². The molecule has 0 aliphatic rings. The average molecular weight is 288 g/mol. The summed E-state index contributed by atoms with van der Waals surface area (Å²) in [4.78, 5) is 11.1. The standard InChI is InChI=1S/C15H28O5/c1-6-14(19-8-7-17-5)11-13(4)18-9-10-20-15(16)12(2)3/h13-14H,2,6-11H2,1,3-5H3. The summed E-state index contributed by atoms with van der Waals surface area (Å²) in [5.41, 5.74) is 0.399. The number of hydrogen-bond donors (Lipinski definition) is 0. The van der Waals surface area contributed by atoms with Crippen LogP contribution in [0.4, 0.5) is 0 Å². The molecule has 0 saturated heterocycles. The van der Waals surface area contributed by atoms with E-state index in [1.165, 1.54) is 0 Å². The largest absolute Gasteiger partial charge is 0.460 e. The van der Waals surface area contributed by atoms with Crippen molar-refractivity contribution in [2.75, 3.05) is 33.5 Å². The molecule has 0 fully saturated rings. The lowest BCUT2D eigenvalue weighted by Crippen LogP contribution is -2.23. The Morgan fingerprint density at radius 2 is 1.80 bits per heavy atom. The van der Waals surface area contributed by atoms with Crippen LogP contribution >= 0.6 is 0 Å². The lowest BCUT2D eigenvalue weighted by atomic mass is 10.1. The number of carbonyl (C=O) groups is 1. The van der Waals surface area contributed by atoms with Crippen LogP contribution in [0.15, 0.2) is 12.2 Å². The number of ether oxygens (including phenoxy) is 4. The maximum absolute atomic E-state index is 11.1. The Bertz CT molecular complexity index is 277. The molecular formula is C15H28O5. The van der Waals surface area contributed by atoms with Crippen LogP contribution in [0.5, 0.6) is 0 Å². The third-order valence-electron chi connectivity index (χ3n) is 2.76. The highest BCUT2D eigenvalue weighted by Crippen LogP contribution is 2.09. The minimum Gasteiger partial charge on any atom is -0.460 e. The minimum absolute atomic E-state index is 0.0611. The molecular weight excluding hydrogens is 260 g/mol. The van der Waals surface area contributed by atoms with Crippen molar-refractivity contribution in [1.29, 1.82) is 0 Å². The van der Waals surface area contributed by atoms with Gasteiger partial charge in [-0.1, -0.05) is 13.5 Å². The first kappa shape index (κ1) is 19.1. The third-order valence-corrected chi connectivity index (χ3v) is 2.76. The van der Waals surface area contributed by atoms with Crippen molar-refractivity contribution >= 4 is 5.97 Å². The maximum Gasteiger partial charge on any atom is 0.333 e. The first-order valence-corrected chi connectivity index (χ1v) is 7.06. The van der Waals surface area contributed by atoms with E-state index in [9.17, 15) is 4.79 Å². The van der Waals surface area contributed by atoms with Gasteiger partial charge in [-0.05, 0) is 26.7 Å². The summed E-state index contributed by atoms with van der Waals surface area (Å²) in [7, 11) is 1.66. The molecule has 0 radical (unpaired) electrons. The zero-order valence-corrected chi connectivity index (χ0v) is 13.1. The van der Waals surface area contributed by atoms with Crippen LogP contribution in [0.2, 0.25) is 0 Å². The number of carbonyl (C=O) groups excluding carboxylic acids is 1. The van der Waals surface area contributed by atoms with Crippen LogP contribution < -0.4 is 0 Å². The molecule has 0 aromatic rings. The van der Waals surface area contributed by atoms with Crippen molar-refractivity contribution in [3.63, 3.8) is 0 Å². The maximum atomic E-state index is 11.1. The Balaban J connectivity index is 3.71. The number of rotatable bonds is 12. The van der Waals surface area contributed by atoms with E-state index in [4.69, 9.17) is 18.9 Å². The molecule has 20 heavy (non-hydrogen) atoms. The van der Waals surface area contributed by atoms with Gasteiger partial charge in [-0.25, -0.2) is 4.79 Å². The normalized spacial score (nSPS) is 13.8. The highest BCUT2D eigenvalue weighted by Gasteiger charge is 2.12. The van der Waals surface area contributed by atoms with Gasteiger partial charge in [0.15, 0.2) is 0 Å². The average Bonchev–Trinajstić information content (AvgIpc) is 2.42. The van der Waals surface area contributed by atoms with Gasteiger partial charge in [0.1, 0.15) is 6.61 Å². The van der Waals surface area contributed by atoms with E-state index in [1.807, 2.05) is 6.92 Å². The number of hydrogen-bond acceptors (Lipinski definition) is 5. The van der Waals surface area contributed by atoms with Crippen LogP contribution in [-0.2, 0) is 23.7 Å². The van der Waals surface area contributed by atoms with Crippen molar-refractivity contribution < 1.29 is 23.7 Å². The predicted octanol–water partition coefficient (Wildman–Crippen LogP) is 2.34. The fraction of sp³-hybridized carbons (Fsp3) is 0.800. The summed E-state index contributed by atoms with van der Waals surface area (Å²) in [6.07, 6.45) is 1.97. The second-order valence-corrected chi connectivity index (χ2v) is 4.73. The fourth-order valence-electron chi connectivity index (χ4n) is 1.60. The molecule has 0 spiro atoms. The molecule has 5 nitrogen and oxygen atoms in total. The molecule has 0 bridgehead atoms. The van der Waals surface area contributed by atoms with Crippen molar-refractivity contribution in [2.45, 2.75) is 45.8 Å². The fourth-order valence-corrected chi connectivity index (χ4v) is 1.60. The van der Waals surface area contributed by atoms with Crippen molar-refractivity contribution in [2.24, 2.45) is 0 Å². The van der Waals surface area contributed by atoms with Crippen LogP contribution in [0.1, 0.15) is 33.6 Å². The SMILES string of the molecule is C=C(C)C(=O)OCCOC(C)CC(CC)OCCOC. The quantitative estimate of drug-likeness (QED) is 0.313. The first-order chi connectivity index (χ1) is 9.51. The van der Waals surface area contributed by atoms with Gasteiger partial charge in [0.25, 0.3) is 0 Å². The molecule has 0 saturated carbocycles. The molecule has 0 heterocycles. The van der Waals surface area contributed by atoms with E-state index < -0.39 is 0 Å². The summed E-state index contributed by atoms with van der Waals surface area (Å²) < 4.78 is 21.2. The number of esters is 1. The molecule has 118 valence electrons. The topological polar surface area (TPSA) is 54.0 Å². The molecule has 2 atom stereocenters. The van der Waals surface area contributed by atoms with Gasteiger partial charge < -0.3 is 18.9 Å². The Morgan fingerprint density at radius 1 is 1.15 bits per heavy atom. The van der Waals surface area contributed by atoms with E-state index in [-0.39, 0.29) is 24.8 Å². The zero-order valence-electron chi connectivity index (χ0n) is 13.1. The third kappa shape index (κ3) is 9.95. The van der Waals surface area contributed by atoms with Gasteiger partial charge in [-0.3, -0.25) is 0 Å². The second-order valence-electron chi connectivity index (χ2n) is 4.73. The molecule has 0 aliphatic heterocycles. The molecule has 5 heteroatoms. The van der Waals surface area contributed by atoms with Crippen LogP contribution in [-0.4, -0.2) is 51.7 Å². The second kappa shape index (κ2) is 11.9. The van der Waals surface area contributed by atoms with Gasteiger partial charge in [0, 0.05) is 12.7 Å². The van der Waals surface area contributed by atoms with Gasteiger partial charge in [-0.15, -0.1) is 0 Å². The van der Waals surface area contributed by atoms with Crippen molar-refractivity contribution in [3.05, 3.63) is 12.2 Å². The molecule has 0 aliphatic carbocycles. The predicted molar refractivity (Wildman–Crippen MR) is 77.7 cm³/mol. The molecule has 0 amide bonds. The van der Waals surface area contributed by atoms with Gasteiger partial charge >= 0.3 is 5.97 Å². The van der Waals surface area contributed by atoms with Gasteiger partial charge in [0.2, 0.25) is 0 Å². The van der Waals surface area contributed by atoms with Gasteiger partial charge in [0.05, 0.1) is 32.0 Å². The van der Waals surface area contributed by atoms with Crippen LogP contribution in [0.3, 0.4) is 0 Å². The Kier molecular flexibility index (Phi) is 11.3. The minimum atomic E-state index is -0.379. The molecule has 0 aromatic carbocycles. The highest BCUT2D eigenvalue weighted by molar-refractivity contribution is 5.86. The summed E-state index contributed by atoms with van der Waals surface area (Å²) in [6.45, 7) is 11.0. The lowest BCUT2D eigenvalue weighted by Gasteiger charge is -2.20. The summed E-state index contributed by atoms with van der Waals surface area (Å²) in [5, 5.41) is 0. The molecule has 2 unspecified atom stereocenters. The Morgan fingerprint density at radius 3 is 2.35 bits per heavy atom. The molecule has 0 N–H and O–H groups in total. The Labute approximate surface area is 122 Å². The molecule has 0 aromatic heterocycles. The first-order valence-electron chi connectivity index (χ1n) is 7.06. The lowest BCUT2D eigenvalue weighted by molar-refractivity contribution is -0.141. The van der Waals surface area contributed by atoms with E-state index >= 15 is 0 Å². The smallest absolute Gasteiger partial charge is 0.333 e. The summed E-state index contributed by atoms with van der Waals surface area (Å²) >= 11 is 0.